The highest BCUT2D eigenvalue weighted by atomic mass is 16.3. The van der Waals surface area contributed by atoms with E-state index in [0.717, 1.165) is 25.8 Å². The van der Waals surface area contributed by atoms with Gasteiger partial charge in [-0.05, 0) is 48.4 Å². The maximum atomic E-state index is 12.8. The fourth-order valence-electron chi connectivity index (χ4n) is 4.12. The van der Waals surface area contributed by atoms with Gasteiger partial charge in [-0.25, -0.2) is 0 Å². The Bertz CT molecular complexity index is 784. The van der Waals surface area contributed by atoms with Crippen LogP contribution in [0.25, 0.3) is 0 Å². The first-order chi connectivity index (χ1) is 12.7. The van der Waals surface area contributed by atoms with Gasteiger partial charge in [0.05, 0.1) is 6.26 Å². The average Bonchev–Trinajstić information content (AvgIpc) is 3.26. The molecule has 5 heteroatoms. The van der Waals surface area contributed by atoms with Gasteiger partial charge in [-0.1, -0.05) is 24.3 Å². The van der Waals surface area contributed by atoms with Crippen LogP contribution in [-0.4, -0.2) is 47.8 Å². The van der Waals surface area contributed by atoms with Crippen LogP contribution >= 0.6 is 0 Å². The molecule has 0 N–H and O–H groups in total. The summed E-state index contributed by atoms with van der Waals surface area (Å²) in [6, 6.07) is 11.9. The Balaban J connectivity index is 1.36. The van der Waals surface area contributed by atoms with Crippen molar-refractivity contribution in [3.8, 4) is 0 Å². The number of carbonyl (C=O) groups is 2. The molecule has 0 unspecified atom stereocenters. The number of aryl methyl sites for hydroxylation is 1. The first-order valence-electron chi connectivity index (χ1n) is 9.41. The smallest absolute Gasteiger partial charge is 0.289 e. The van der Waals surface area contributed by atoms with E-state index in [-0.39, 0.29) is 11.8 Å². The van der Waals surface area contributed by atoms with Gasteiger partial charge >= 0.3 is 0 Å². The molecule has 1 aromatic carbocycles. The topological polar surface area (TPSA) is 53.8 Å². The van der Waals surface area contributed by atoms with Crippen LogP contribution in [0.1, 0.15) is 46.9 Å². The highest BCUT2D eigenvalue weighted by molar-refractivity contribution is 5.91. The molecule has 1 aliphatic heterocycles. The minimum absolute atomic E-state index is 0.0889. The Kier molecular flexibility index (Phi) is 4.78. The zero-order valence-electron chi connectivity index (χ0n) is 14.9. The fourth-order valence-corrected chi connectivity index (χ4v) is 4.12. The van der Waals surface area contributed by atoms with Crippen LogP contribution in [0.3, 0.4) is 0 Å². The van der Waals surface area contributed by atoms with E-state index >= 15 is 0 Å². The maximum Gasteiger partial charge on any atom is 0.289 e. The summed E-state index contributed by atoms with van der Waals surface area (Å²) in [6.45, 7) is 2.54. The summed E-state index contributed by atoms with van der Waals surface area (Å²) in [7, 11) is 0. The van der Waals surface area contributed by atoms with Crippen molar-refractivity contribution in [2.24, 2.45) is 0 Å². The molecule has 1 saturated heterocycles. The van der Waals surface area contributed by atoms with Crippen molar-refractivity contribution in [2.75, 3.05) is 26.2 Å². The number of hydrogen-bond donors (Lipinski definition) is 0. The summed E-state index contributed by atoms with van der Waals surface area (Å²) < 4.78 is 5.21. The SMILES string of the molecule is O=C(C[C@H]1CCc2ccccc21)N1CCCN(C(=O)c2ccco2)CC1. The summed E-state index contributed by atoms with van der Waals surface area (Å²) in [5, 5.41) is 0. The molecule has 2 aliphatic rings. The Morgan fingerprint density at radius 3 is 2.65 bits per heavy atom. The van der Waals surface area contributed by atoms with E-state index in [1.54, 1.807) is 17.0 Å². The van der Waals surface area contributed by atoms with Crippen LogP contribution in [0.4, 0.5) is 0 Å². The van der Waals surface area contributed by atoms with Gasteiger partial charge < -0.3 is 14.2 Å². The quantitative estimate of drug-likeness (QED) is 0.853. The molecule has 2 aromatic rings. The third-order valence-corrected chi connectivity index (χ3v) is 5.55. The van der Waals surface area contributed by atoms with Crippen LogP contribution in [0.15, 0.2) is 47.1 Å². The van der Waals surface area contributed by atoms with E-state index in [1.165, 1.54) is 17.4 Å². The van der Waals surface area contributed by atoms with Crippen LogP contribution in [0.2, 0.25) is 0 Å². The fraction of sp³-hybridized carbons (Fsp3) is 0.429. The monoisotopic (exact) mass is 352 g/mol. The summed E-state index contributed by atoms with van der Waals surface area (Å²) in [4.78, 5) is 29.0. The zero-order valence-corrected chi connectivity index (χ0v) is 14.9. The molecule has 1 aromatic heterocycles. The minimum Gasteiger partial charge on any atom is -0.459 e. The molecule has 136 valence electrons. The van der Waals surface area contributed by atoms with Crippen LogP contribution in [0, 0.1) is 0 Å². The van der Waals surface area contributed by atoms with Crippen molar-refractivity contribution in [1.82, 2.24) is 9.80 Å². The maximum absolute atomic E-state index is 12.8. The predicted molar refractivity (Wildman–Crippen MR) is 97.9 cm³/mol. The van der Waals surface area contributed by atoms with Crippen molar-refractivity contribution >= 4 is 11.8 Å². The van der Waals surface area contributed by atoms with Gasteiger partial charge in [0.25, 0.3) is 5.91 Å². The summed E-state index contributed by atoms with van der Waals surface area (Å²) in [6.07, 6.45) is 5.02. The van der Waals surface area contributed by atoms with Crippen molar-refractivity contribution in [3.63, 3.8) is 0 Å². The lowest BCUT2D eigenvalue weighted by Gasteiger charge is -2.23. The lowest BCUT2D eigenvalue weighted by Crippen LogP contribution is -2.37. The number of amides is 2. The molecule has 0 bridgehead atoms. The van der Waals surface area contributed by atoms with Crippen molar-refractivity contribution in [3.05, 3.63) is 59.5 Å². The van der Waals surface area contributed by atoms with E-state index in [0.29, 0.717) is 37.7 Å². The number of furan rings is 1. The molecule has 4 rings (SSSR count). The van der Waals surface area contributed by atoms with E-state index in [9.17, 15) is 9.59 Å². The molecule has 0 spiro atoms. The minimum atomic E-state index is -0.0889. The summed E-state index contributed by atoms with van der Waals surface area (Å²) >= 11 is 0. The van der Waals surface area contributed by atoms with E-state index in [2.05, 4.69) is 24.3 Å². The van der Waals surface area contributed by atoms with E-state index < -0.39 is 0 Å². The second kappa shape index (κ2) is 7.36. The second-order valence-corrected chi connectivity index (χ2v) is 7.14. The number of benzene rings is 1. The first kappa shape index (κ1) is 16.9. The molecule has 0 saturated carbocycles. The number of carbonyl (C=O) groups excluding carboxylic acids is 2. The molecular weight excluding hydrogens is 328 g/mol. The number of nitrogens with zero attached hydrogens (tertiary/aromatic N) is 2. The summed E-state index contributed by atoms with van der Waals surface area (Å²) in [5.74, 6) is 0.822. The van der Waals surface area contributed by atoms with Gasteiger partial charge in [0.2, 0.25) is 5.91 Å². The lowest BCUT2D eigenvalue weighted by atomic mass is 9.97. The van der Waals surface area contributed by atoms with Crippen molar-refractivity contribution in [2.45, 2.75) is 31.6 Å². The number of fused-ring (bicyclic) bond motifs is 1. The Labute approximate surface area is 153 Å². The zero-order chi connectivity index (χ0) is 17.9. The third kappa shape index (κ3) is 3.39. The molecule has 1 fully saturated rings. The largest absolute Gasteiger partial charge is 0.459 e. The molecule has 1 aliphatic carbocycles. The van der Waals surface area contributed by atoms with Crippen LogP contribution in [0.5, 0.6) is 0 Å². The predicted octanol–water partition coefficient (Wildman–Crippen LogP) is 3.07. The lowest BCUT2D eigenvalue weighted by molar-refractivity contribution is -0.131. The average molecular weight is 352 g/mol. The third-order valence-electron chi connectivity index (χ3n) is 5.55. The molecule has 0 radical (unpaired) electrons. The van der Waals surface area contributed by atoms with Gasteiger partial charge in [0.1, 0.15) is 0 Å². The molecule has 2 amide bonds. The van der Waals surface area contributed by atoms with E-state index in [1.807, 2.05) is 4.90 Å². The van der Waals surface area contributed by atoms with Gasteiger partial charge in [-0.15, -0.1) is 0 Å². The van der Waals surface area contributed by atoms with Gasteiger partial charge in [-0.3, -0.25) is 9.59 Å². The van der Waals surface area contributed by atoms with Gasteiger partial charge in [0, 0.05) is 32.6 Å². The molecule has 2 heterocycles. The summed E-state index contributed by atoms with van der Waals surface area (Å²) in [5.41, 5.74) is 2.72. The Morgan fingerprint density at radius 1 is 1.00 bits per heavy atom. The van der Waals surface area contributed by atoms with Crippen molar-refractivity contribution < 1.29 is 14.0 Å². The molecule has 26 heavy (non-hydrogen) atoms. The van der Waals surface area contributed by atoms with Gasteiger partial charge in [-0.2, -0.15) is 0 Å². The highest BCUT2D eigenvalue weighted by Gasteiger charge is 2.28. The molecular formula is C21H24N2O3. The number of rotatable bonds is 3. The second-order valence-electron chi connectivity index (χ2n) is 7.14. The normalized spacial score (nSPS) is 19.9. The highest BCUT2D eigenvalue weighted by Crippen LogP contribution is 2.35. The number of hydrogen-bond acceptors (Lipinski definition) is 3. The standard InChI is InChI=1S/C21H24N2O3/c24-20(15-17-9-8-16-5-1-2-6-18(16)17)22-10-4-11-23(13-12-22)21(25)19-7-3-14-26-19/h1-3,5-7,14,17H,4,8-13,15H2/t17-/m1/s1. The van der Waals surface area contributed by atoms with Crippen LogP contribution < -0.4 is 0 Å². The van der Waals surface area contributed by atoms with E-state index in [4.69, 9.17) is 4.42 Å². The Morgan fingerprint density at radius 2 is 1.81 bits per heavy atom. The first-order valence-corrected chi connectivity index (χ1v) is 9.41. The molecule has 1 atom stereocenters. The van der Waals surface area contributed by atoms with Crippen molar-refractivity contribution in [1.29, 1.82) is 0 Å². The van der Waals surface area contributed by atoms with Crippen LogP contribution in [-0.2, 0) is 11.2 Å². The Hall–Kier alpha value is -2.56. The van der Waals surface area contributed by atoms with Gasteiger partial charge in [0.15, 0.2) is 5.76 Å². The molecule has 5 nitrogen and oxygen atoms in total.